The van der Waals surface area contributed by atoms with E-state index in [-0.39, 0.29) is 5.78 Å². The molecule has 0 amide bonds. The highest BCUT2D eigenvalue weighted by Gasteiger charge is 2.51. The Morgan fingerprint density at radius 2 is 1.61 bits per heavy atom. The lowest BCUT2D eigenvalue weighted by Gasteiger charge is -2.38. The lowest BCUT2D eigenvalue weighted by atomic mass is 9.68. The van der Waals surface area contributed by atoms with Crippen molar-refractivity contribution in [1.82, 2.24) is 0 Å². The molecule has 4 heteroatoms. The van der Waals surface area contributed by atoms with Gasteiger partial charge in [0.05, 0.1) is 5.41 Å². The van der Waals surface area contributed by atoms with Gasteiger partial charge in [-0.05, 0) is 30.7 Å². The second kappa shape index (κ2) is 5.61. The zero-order valence-corrected chi connectivity index (χ0v) is 16.2. The maximum atomic E-state index is 13.1. The molecule has 3 aromatic carbocycles. The predicted octanol–water partition coefficient (Wildman–Crippen LogP) is 4.67. The van der Waals surface area contributed by atoms with Crippen LogP contribution in [-0.4, -0.2) is 19.9 Å². The third-order valence-electron chi connectivity index (χ3n) is 5.99. The maximum Gasteiger partial charge on any atom is 0.164 e. The Labute approximate surface area is 164 Å². The van der Waals surface area contributed by atoms with Crippen molar-refractivity contribution in [1.29, 1.82) is 0 Å². The van der Waals surface area contributed by atoms with Gasteiger partial charge in [-0.2, -0.15) is 0 Å². The Balaban J connectivity index is 1.86. The van der Waals surface area contributed by atoms with Crippen molar-refractivity contribution in [3.8, 4) is 11.5 Å². The molecule has 0 aromatic heterocycles. The number of hydrogen-bond donors (Lipinski definition) is 1. The monoisotopic (exact) mass is 370 g/mol. The van der Waals surface area contributed by atoms with E-state index < -0.39 is 5.41 Å². The van der Waals surface area contributed by atoms with Gasteiger partial charge >= 0.3 is 0 Å². The first-order chi connectivity index (χ1) is 13.4. The molecular formula is C24H22N2O2. The molecule has 28 heavy (non-hydrogen) atoms. The zero-order valence-electron chi connectivity index (χ0n) is 16.2. The SMILES string of the molecule is Cc1ccc2c(c1)C(=O)CC21c2ccc(N)cc2Oc2cc(N(C)C)ccc21. The summed E-state index contributed by atoms with van der Waals surface area (Å²) < 4.78 is 6.29. The van der Waals surface area contributed by atoms with Gasteiger partial charge in [-0.3, -0.25) is 4.79 Å². The molecule has 1 spiro atoms. The molecule has 4 nitrogen and oxygen atoms in total. The Kier molecular flexibility index (Phi) is 3.38. The molecule has 140 valence electrons. The number of anilines is 2. The zero-order chi connectivity index (χ0) is 19.6. The molecule has 5 rings (SSSR count). The highest BCUT2D eigenvalue weighted by Crippen LogP contribution is 2.58. The van der Waals surface area contributed by atoms with Crippen LogP contribution in [0, 0.1) is 6.92 Å². The van der Waals surface area contributed by atoms with Crippen molar-refractivity contribution in [3.63, 3.8) is 0 Å². The van der Waals surface area contributed by atoms with Crippen LogP contribution >= 0.6 is 0 Å². The van der Waals surface area contributed by atoms with E-state index in [0.717, 1.165) is 45.0 Å². The van der Waals surface area contributed by atoms with Gasteiger partial charge in [-0.25, -0.2) is 0 Å². The fourth-order valence-corrected chi connectivity index (χ4v) is 4.64. The van der Waals surface area contributed by atoms with Crippen LogP contribution < -0.4 is 15.4 Å². The third-order valence-corrected chi connectivity index (χ3v) is 5.99. The van der Waals surface area contributed by atoms with E-state index in [4.69, 9.17) is 10.5 Å². The number of nitrogen functional groups attached to an aromatic ring is 1. The van der Waals surface area contributed by atoms with Crippen LogP contribution in [0.1, 0.15) is 39.0 Å². The number of aryl methyl sites for hydroxylation is 1. The normalized spacial score (nSPS) is 19.0. The fraction of sp³-hybridized carbons (Fsp3) is 0.208. The summed E-state index contributed by atoms with van der Waals surface area (Å²) in [5.74, 6) is 1.68. The van der Waals surface area contributed by atoms with E-state index in [1.807, 2.05) is 56.3 Å². The van der Waals surface area contributed by atoms with Gasteiger partial charge < -0.3 is 15.4 Å². The van der Waals surface area contributed by atoms with Gasteiger partial charge in [0, 0.05) is 60.7 Å². The van der Waals surface area contributed by atoms with E-state index in [1.54, 1.807) is 0 Å². The number of ketones is 1. The van der Waals surface area contributed by atoms with E-state index >= 15 is 0 Å². The second-order valence-corrected chi connectivity index (χ2v) is 7.99. The van der Waals surface area contributed by atoms with Crippen LogP contribution in [-0.2, 0) is 5.41 Å². The van der Waals surface area contributed by atoms with Crippen molar-refractivity contribution in [2.24, 2.45) is 0 Å². The quantitative estimate of drug-likeness (QED) is 0.633. The molecular weight excluding hydrogens is 348 g/mol. The average molecular weight is 370 g/mol. The smallest absolute Gasteiger partial charge is 0.164 e. The summed E-state index contributed by atoms with van der Waals surface area (Å²) in [4.78, 5) is 15.1. The number of nitrogens with zero attached hydrogens (tertiary/aromatic N) is 1. The molecule has 0 bridgehead atoms. The number of carbonyl (C=O) groups excluding carboxylic acids is 1. The van der Waals surface area contributed by atoms with E-state index in [2.05, 4.69) is 24.3 Å². The molecule has 0 radical (unpaired) electrons. The van der Waals surface area contributed by atoms with Gasteiger partial charge in [-0.1, -0.05) is 29.8 Å². The summed E-state index contributed by atoms with van der Waals surface area (Å²) in [5.41, 5.74) is 12.2. The van der Waals surface area contributed by atoms with Crippen LogP contribution in [0.4, 0.5) is 11.4 Å². The van der Waals surface area contributed by atoms with Crippen LogP contribution in [0.15, 0.2) is 54.6 Å². The Morgan fingerprint density at radius 1 is 0.929 bits per heavy atom. The first-order valence-corrected chi connectivity index (χ1v) is 9.44. The minimum atomic E-state index is -0.540. The van der Waals surface area contributed by atoms with Crippen molar-refractivity contribution < 1.29 is 9.53 Å². The average Bonchev–Trinajstić information content (AvgIpc) is 2.94. The number of Topliss-reactive ketones (excluding diaryl/α,β-unsaturated/α-hetero) is 1. The summed E-state index contributed by atoms with van der Waals surface area (Å²) in [5, 5.41) is 0. The van der Waals surface area contributed by atoms with Crippen LogP contribution in [0.5, 0.6) is 11.5 Å². The minimum absolute atomic E-state index is 0.172. The fourth-order valence-electron chi connectivity index (χ4n) is 4.64. The predicted molar refractivity (Wildman–Crippen MR) is 112 cm³/mol. The van der Waals surface area contributed by atoms with E-state index in [0.29, 0.717) is 12.1 Å². The number of ether oxygens (including phenoxy) is 1. The van der Waals surface area contributed by atoms with Gasteiger partial charge in [0.1, 0.15) is 11.5 Å². The lowest BCUT2D eigenvalue weighted by molar-refractivity contribution is 0.0983. The number of carbonyl (C=O) groups is 1. The van der Waals surface area contributed by atoms with Crippen molar-refractivity contribution in [2.75, 3.05) is 24.7 Å². The summed E-state index contributed by atoms with van der Waals surface area (Å²) >= 11 is 0. The lowest BCUT2D eigenvalue weighted by Crippen LogP contribution is -2.31. The summed E-state index contributed by atoms with van der Waals surface area (Å²) in [7, 11) is 4.01. The standard InChI is InChI=1S/C24H22N2O2/c1-14-4-7-18-17(10-14)21(27)13-24(18)19-8-5-15(25)11-22(19)28-23-12-16(26(2)3)6-9-20(23)24/h4-12H,13,25H2,1-3H3. The topological polar surface area (TPSA) is 55.6 Å². The Morgan fingerprint density at radius 3 is 2.36 bits per heavy atom. The molecule has 0 saturated heterocycles. The molecule has 0 fully saturated rings. The summed E-state index contributed by atoms with van der Waals surface area (Å²) in [6.07, 6.45) is 0.403. The van der Waals surface area contributed by atoms with Gasteiger partial charge in [0.2, 0.25) is 0 Å². The van der Waals surface area contributed by atoms with Gasteiger partial charge in [0.25, 0.3) is 0 Å². The van der Waals surface area contributed by atoms with E-state index in [1.165, 1.54) is 0 Å². The highest BCUT2D eigenvalue weighted by atomic mass is 16.5. The number of fused-ring (bicyclic) bond motifs is 6. The summed E-state index contributed by atoms with van der Waals surface area (Å²) in [6, 6.07) is 18.2. The van der Waals surface area contributed by atoms with Crippen molar-refractivity contribution in [3.05, 3.63) is 82.4 Å². The van der Waals surface area contributed by atoms with E-state index in [9.17, 15) is 4.79 Å². The third kappa shape index (κ3) is 2.15. The first kappa shape index (κ1) is 16.9. The van der Waals surface area contributed by atoms with Crippen LogP contribution in [0.2, 0.25) is 0 Å². The molecule has 1 aliphatic carbocycles. The molecule has 1 unspecified atom stereocenters. The molecule has 1 heterocycles. The molecule has 3 aromatic rings. The largest absolute Gasteiger partial charge is 0.457 e. The second-order valence-electron chi connectivity index (χ2n) is 7.99. The Hall–Kier alpha value is -3.27. The van der Waals surface area contributed by atoms with Crippen molar-refractivity contribution in [2.45, 2.75) is 18.8 Å². The number of nitrogens with two attached hydrogens (primary N) is 1. The maximum absolute atomic E-state index is 13.1. The van der Waals surface area contributed by atoms with Crippen LogP contribution in [0.25, 0.3) is 0 Å². The summed E-state index contributed by atoms with van der Waals surface area (Å²) in [6.45, 7) is 2.02. The minimum Gasteiger partial charge on any atom is -0.457 e. The number of rotatable bonds is 1. The van der Waals surface area contributed by atoms with Gasteiger partial charge in [0.15, 0.2) is 5.78 Å². The number of benzene rings is 3. The molecule has 1 atom stereocenters. The number of hydrogen-bond acceptors (Lipinski definition) is 4. The Bertz CT molecular complexity index is 1150. The molecule has 1 aliphatic heterocycles. The highest BCUT2D eigenvalue weighted by molar-refractivity contribution is 6.04. The molecule has 0 saturated carbocycles. The molecule has 2 N–H and O–H groups in total. The first-order valence-electron chi connectivity index (χ1n) is 9.44. The molecule has 2 aliphatic rings. The van der Waals surface area contributed by atoms with Crippen LogP contribution in [0.3, 0.4) is 0 Å². The van der Waals surface area contributed by atoms with Gasteiger partial charge in [-0.15, -0.1) is 0 Å². The van der Waals surface area contributed by atoms with Crippen molar-refractivity contribution >= 4 is 17.2 Å².